The highest BCUT2D eigenvalue weighted by molar-refractivity contribution is 6.67. The lowest BCUT2D eigenvalue weighted by molar-refractivity contribution is 0.174. The zero-order chi connectivity index (χ0) is 6.78. The van der Waals surface area contributed by atoms with E-state index in [4.69, 9.17) is 45.6 Å². The van der Waals surface area contributed by atoms with Crippen molar-refractivity contribution in [3.63, 3.8) is 0 Å². The Balaban J connectivity index is 3.39. The standard InChI is InChI=1S/C3H6Cl3NO/c4-3(5,6)1-2(7)8/h2,8H,1,7H2. The summed E-state index contributed by atoms with van der Waals surface area (Å²) in [5.41, 5.74) is 4.88. The lowest BCUT2D eigenvalue weighted by Gasteiger charge is -2.11. The van der Waals surface area contributed by atoms with Crippen LogP contribution in [0.25, 0.3) is 0 Å². The van der Waals surface area contributed by atoms with Gasteiger partial charge in [-0.3, -0.25) is 0 Å². The topological polar surface area (TPSA) is 46.2 Å². The molecule has 0 saturated heterocycles. The van der Waals surface area contributed by atoms with Gasteiger partial charge in [0.15, 0.2) is 3.79 Å². The molecule has 1 unspecified atom stereocenters. The van der Waals surface area contributed by atoms with Gasteiger partial charge in [-0.15, -0.1) is 0 Å². The third-order valence-electron chi connectivity index (χ3n) is 0.441. The number of alkyl halides is 3. The van der Waals surface area contributed by atoms with Crippen LogP contribution >= 0.6 is 34.8 Å². The first kappa shape index (κ1) is 8.79. The van der Waals surface area contributed by atoms with E-state index in [2.05, 4.69) is 0 Å². The summed E-state index contributed by atoms with van der Waals surface area (Å²) in [6, 6.07) is 0. The lowest BCUT2D eigenvalue weighted by Crippen LogP contribution is -2.24. The number of halogens is 3. The Kier molecular flexibility index (Phi) is 3.39. The van der Waals surface area contributed by atoms with Gasteiger partial charge in [0.2, 0.25) is 0 Å². The van der Waals surface area contributed by atoms with Gasteiger partial charge in [0.1, 0.15) is 6.23 Å². The minimum Gasteiger partial charge on any atom is -0.379 e. The third kappa shape index (κ3) is 6.79. The molecule has 0 aliphatic heterocycles. The summed E-state index contributed by atoms with van der Waals surface area (Å²) in [7, 11) is 0. The fourth-order valence-corrected chi connectivity index (χ4v) is 0.711. The van der Waals surface area contributed by atoms with E-state index >= 15 is 0 Å². The number of nitrogens with two attached hydrogens (primary N) is 1. The predicted molar refractivity (Wildman–Crippen MR) is 35.1 cm³/mol. The number of aliphatic hydroxyl groups excluding tert-OH is 1. The van der Waals surface area contributed by atoms with Crippen molar-refractivity contribution in [3.05, 3.63) is 0 Å². The summed E-state index contributed by atoms with van der Waals surface area (Å²) < 4.78 is -1.44. The van der Waals surface area contributed by atoms with Crippen molar-refractivity contribution in [1.82, 2.24) is 0 Å². The van der Waals surface area contributed by atoms with Gasteiger partial charge >= 0.3 is 0 Å². The Morgan fingerprint density at radius 3 is 1.88 bits per heavy atom. The highest BCUT2D eigenvalue weighted by Crippen LogP contribution is 2.30. The van der Waals surface area contributed by atoms with Crippen LogP contribution in [-0.4, -0.2) is 15.1 Å². The van der Waals surface area contributed by atoms with E-state index in [1.54, 1.807) is 0 Å². The molecule has 0 rings (SSSR count). The monoisotopic (exact) mass is 177 g/mol. The first-order chi connectivity index (χ1) is 3.42. The van der Waals surface area contributed by atoms with Crippen molar-refractivity contribution >= 4 is 34.8 Å². The molecule has 0 saturated carbocycles. The molecule has 0 aromatic heterocycles. The van der Waals surface area contributed by atoms with Gasteiger partial charge < -0.3 is 10.8 Å². The maximum Gasteiger partial charge on any atom is 0.194 e. The summed E-state index contributed by atoms with van der Waals surface area (Å²) in [6.07, 6.45) is -1.10. The summed E-state index contributed by atoms with van der Waals surface area (Å²) >= 11 is 15.7. The maximum atomic E-state index is 8.41. The summed E-state index contributed by atoms with van der Waals surface area (Å²) in [5.74, 6) is 0. The van der Waals surface area contributed by atoms with Crippen LogP contribution in [0.1, 0.15) is 6.42 Å². The van der Waals surface area contributed by atoms with Gasteiger partial charge in [-0.25, -0.2) is 0 Å². The first-order valence-corrected chi connectivity index (χ1v) is 3.05. The fraction of sp³-hybridized carbons (Fsp3) is 1.00. The van der Waals surface area contributed by atoms with Gasteiger partial charge in [-0.1, -0.05) is 34.8 Å². The highest BCUT2D eigenvalue weighted by Gasteiger charge is 2.21. The van der Waals surface area contributed by atoms with E-state index in [1.165, 1.54) is 0 Å². The molecule has 0 spiro atoms. The minimum atomic E-state index is -1.44. The van der Waals surface area contributed by atoms with Crippen LogP contribution < -0.4 is 5.73 Å². The highest BCUT2D eigenvalue weighted by atomic mass is 35.6. The molecule has 0 fully saturated rings. The van der Waals surface area contributed by atoms with Crippen LogP contribution in [0.5, 0.6) is 0 Å². The predicted octanol–water partition coefficient (Wildman–Crippen LogP) is 1.02. The van der Waals surface area contributed by atoms with E-state index in [0.29, 0.717) is 0 Å². The second-order valence-electron chi connectivity index (χ2n) is 1.39. The van der Waals surface area contributed by atoms with E-state index in [-0.39, 0.29) is 6.42 Å². The van der Waals surface area contributed by atoms with Crippen molar-refractivity contribution in [2.75, 3.05) is 0 Å². The molecule has 5 heteroatoms. The molecular weight excluding hydrogens is 172 g/mol. The van der Waals surface area contributed by atoms with Crippen molar-refractivity contribution in [3.8, 4) is 0 Å². The van der Waals surface area contributed by atoms with Crippen LogP contribution in [0.2, 0.25) is 0 Å². The molecule has 0 aliphatic rings. The number of hydrogen-bond acceptors (Lipinski definition) is 2. The third-order valence-corrected chi connectivity index (χ3v) is 0.904. The van der Waals surface area contributed by atoms with Gasteiger partial charge in [0.05, 0.1) is 0 Å². The van der Waals surface area contributed by atoms with E-state index in [9.17, 15) is 0 Å². The SMILES string of the molecule is NC(O)CC(Cl)(Cl)Cl. The molecular formula is C3H6Cl3NO. The van der Waals surface area contributed by atoms with Gasteiger partial charge in [-0.05, 0) is 0 Å². The zero-order valence-corrected chi connectivity index (χ0v) is 6.21. The number of rotatable bonds is 1. The number of aliphatic hydroxyl groups is 1. The molecule has 0 amide bonds. The van der Waals surface area contributed by atoms with Gasteiger partial charge in [0.25, 0.3) is 0 Å². The summed E-state index contributed by atoms with van der Waals surface area (Å²) in [5, 5.41) is 8.41. The minimum absolute atomic E-state index is 0.0440. The van der Waals surface area contributed by atoms with Crippen LogP contribution in [0.15, 0.2) is 0 Å². The molecule has 3 N–H and O–H groups in total. The Morgan fingerprint density at radius 2 is 1.88 bits per heavy atom. The second kappa shape index (κ2) is 3.08. The summed E-state index contributed by atoms with van der Waals surface area (Å²) in [4.78, 5) is 0. The lowest BCUT2D eigenvalue weighted by atomic mass is 10.4. The summed E-state index contributed by atoms with van der Waals surface area (Å²) in [6.45, 7) is 0. The van der Waals surface area contributed by atoms with Crippen LogP contribution in [0.4, 0.5) is 0 Å². The fourth-order valence-electron chi connectivity index (χ4n) is 0.237. The van der Waals surface area contributed by atoms with Gasteiger partial charge in [-0.2, -0.15) is 0 Å². The maximum absolute atomic E-state index is 8.41. The quantitative estimate of drug-likeness (QED) is 0.465. The molecule has 0 aliphatic carbocycles. The zero-order valence-electron chi connectivity index (χ0n) is 3.94. The normalized spacial score (nSPS) is 16.1. The Labute approximate surface area is 62.5 Å². The smallest absolute Gasteiger partial charge is 0.194 e. The first-order valence-electron chi connectivity index (χ1n) is 1.92. The number of hydrogen-bond donors (Lipinski definition) is 2. The molecule has 0 aromatic carbocycles. The molecule has 8 heavy (non-hydrogen) atoms. The molecule has 2 nitrogen and oxygen atoms in total. The molecule has 0 radical (unpaired) electrons. The molecule has 1 atom stereocenters. The van der Waals surface area contributed by atoms with Crippen molar-refractivity contribution < 1.29 is 5.11 Å². The average molecular weight is 178 g/mol. The van der Waals surface area contributed by atoms with Crippen molar-refractivity contribution in [2.45, 2.75) is 16.4 Å². The molecule has 0 bridgehead atoms. The van der Waals surface area contributed by atoms with E-state index < -0.39 is 10.0 Å². The van der Waals surface area contributed by atoms with Gasteiger partial charge in [0, 0.05) is 6.42 Å². The Hall–Kier alpha value is 0.790. The van der Waals surface area contributed by atoms with Crippen molar-refractivity contribution in [2.24, 2.45) is 5.73 Å². The van der Waals surface area contributed by atoms with Crippen LogP contribution in [0, 0.1) is 0 Å². The largest absolute Gasteiger partial charge is 0.379 e. The average Bonchev–Trinajstić information content (AvgIpc) is 1.21. The second-order valence-corrected chi connectivity index (χ2v) is 3.90. The van der Waals surface area contributed by atoms with Crippen LogP contribution in [0.3, 0.4) is 0 Å². The molecule has 50 valence electrons. The van der Waals surface area contributed by atoms with Crippen LogP contribution in [-0.2, 0) is 0 Å². The molecule has 0 aromatic rings. The Morgan fingerprint density at radius 1 is 1.50 bits per heavy atom. The van der Waals surface area contributed by atoms with E-state index in [0.717, 1.165) is 0 Å². The van der Waals surface area contributed by atoms with E-state index in [1.807, 2.05) is 0 Å². The Bertz CT molecular complexity index is 69.4. The molecule has 0 heterocycles. The van der Waals surface area contributed by atoms with Crippen molar-refractivity contribution in [1.29, 1.82) is 0 Å².